The Hall–Kier alpha value is -2.12. The molecule has 0 heterocycles. The first-order chi connectivity index (χ1) is 8.23. The number of nitrogens with two attached hydrogens (primary N) is 1. The normalized spacial score (nSPS) is 13.2. The van der Waals surface area contributed by atoms with E-state index in [1.54, 1.807) is 0 Å². The summed E-state index contributed by atoms with van der Waals surface area (Å²) < 4.78 is 0. The number of carbonyl (C=O) groups is 4. The Morgan fingerprint density at radius 1 is 1.22 bits per heavy atom. The molecule has 5 N–H and O–H groups in total. The average Bonchev–Trinajstić information content (AvgIpc) is 2.22. The molecule has 0 rings (SSSR count). The van der Waals surface area contributed by atoms with E-state index in [0.29, 0.717) is 0 Å². The van der Waals surface area contributed by atoms with E-state index in [0.717, 1.165) is 0 Å². The topological polar surface area (TPSA) is 139 Å². The van der Waals surface area contributed by atoms with Gasteiger partial charge in [-0.2, -0.15) is 0 Å². The molecule has 0 aromatic carbocycles. The van der Waals surface area contributed by atoms with Crippen LogP contribution in [0.4, 0.5) is 0 Å². The minimum Gasteiger partial charge on any atom is -0.480 e. The van der Waals surface area contributed by atoms with Crippen LogP contribution in [0.25, 0.3) is 0 Å². The molecule has 0 aliphatic heterocycles. The smallest absolute Gasteiger partial charge is 0.325 e. The predicted octanol–water partition coefficient (Wildman–Crippen LogP) is -1.65. The van der Waals surface area contributed by atoms with Gasteiger partial charge in [0, 0.05) is 13.3 Å². The Morgan fingerprint density at radius 2 is 1.78 bits per heavy atom. The lowest BCUT2D eigenvalue weighted by Crippen LogP contribution is -2.50. The molecule has 2 atom stereocenters. The summed E-state index contributed by atoms with van der Waals surface area (Å²) in [6.07, 6.45) is -0.0626. The third-order valence-corrected chi connectivity index (χ3v) is 2.10. The highest BCUT2D eigenvalue weighted by Gasteiger charge is 2.23. The number of carboxylic acid groups (broad SMARTS) is 1. The summed E-state index contributed by atoms with van der Waals surface area (Å²) in [4.78, 5) is 43.8. The van der Waals surface area contributed by atoms with E-state index < -0.39 is 35.8 Å². The van der Waals surface area contributed by atoms with Gasteiger partial charge < -0.3 is 21.5 Å². The molecule has 0 aromatic heterocycles. The van der Waals surface area contributed by atoms with Crippen molar-refractivity contribution in [2.75, 3.05) is 0 Å². The van der Waals surface area contributed by atoms with E-state index in [1.165, 1.54) is 13.8 Å². The van der Waals surface area contributed by atoms with Crippen molar-refractivity contribution in [1.82, 2.24) is 10.6 Å². The Morgan fingerprint density at radius 3 is 2.17 bits per heavy atom. The van der Waals surface area contributed by atoms with Crippen molar-refractivity contribution >= 4 is 23.7 Å². The van der Waals surface area contributed by atoms with Crippen LogP contribution < -0.4 is 16.4 Å². The van der Waals surface area contributed by atoms with Crippen LogP contribution in [0.3, 0.4) is 0 Å². The fraction of sp³-hybridized carbons (Fsp3) is 0.600. The molecule has 3 amide bonds. The molecule has 0 radical (unpaired) electrons. The summed E-state index contributed by atoms with van der Waals surface area (Å²) in [6.45, 7) is 2.50. The Labute approximate surface area is 104 Å². The minimum absolute atomic E-state index is 0.0209. The monoisotopic (exact) mass is 259 g/mol. The summed E-state index contributed by atoms with van der Waals surface area (Å²) in [6, 6.07) is -2.06. The van der Waals surface area contributed by atoms with Crippen LogP contribution in [-0.2, 0) is 19.2 Å². The third-order valence-electron chi connectivity index (χ3n) is 2.10. The largest absolute Gasteiger partial charge is 0.480 e. The Kier molecular flexibility index (Phi) is 6.40. The fourth-order valence-electron chi connectivity index (χ4n) is 1.18. The van der Waals surface area contributed by atoms with Gasteiger partial charge in [0.15, 0.2) is 0 Å². The number of hydrogen-bond acceptors (Lipinski definition) is 4. The van der Waals surface area contributed by atoms with Crippen LogP contribution in [0, 0.1) is 0 Å². The number of primary amides is 1. The maximum absolute atomic E-state index is 11.7. The molecule has 0 saturated heterocycles. The maximum atomic E-state index is 11.7. The summed E-state index contributed by atoms with van der Waals surface area (Å²) in [5.41, 5.74) is 4.94. The zero-order valence-electron chi connectivity index (χ0n) is 10.2. The van der Waals surface area contributed by atoms with Crippen LogP contribution >= 0.6 is 0 Å². The van der Waals surface area contributed by atoms with Gasteiger partial charge in [0.1, 0.15) is 12.1 Å². The lowest BCUT2D eigenvalue weighted by Gasteiger charge is -2.18. The molecule has 0 aromatic rings. The second kappa shape index (κ2) is 7.25. The Bertz CT molecular complexity index is 355. The van der Waals surface area contributed by atoms with E-state index in [1.807, 2.05) is 0 Å². The van der Waals surface area contributed by atoms with Crippen molar-refractivity contribution in [3.63, 3.8) is 0 Å². The quantitative estimate of drug-likeness (QED) is 0.433. The number of carbonyl (C=O) groups excluding carboxylic acids is 3. The molecule has 0 fully saturated rings. The van der Waals surface area contributed by atoms with E-state index in [4.69, 9.17) is 10.8 Å². The van der Waals surface area contributed by atoms with Crippen molar-refractivity contribution in [3.8, 4) is 0 Å². The number of rotatable bonds is 7. The highest BCUT2D eigenvalue weighted by atomic mass is 16.4. The van der Waals surface area contributed by atoms with E-state index >= 15 is 0 Å². The molecule has 0 aliphatic carbocycles. The molecule has 8 nitrogen and oxygen atoms in total. The van der Waals surface area contributed by atoms with Gasteiger partial charge in [0.05, 0.1) is 0 Å². The van der Waals surface area contributed by atoms with Gasteiger partial charge in [-0.25, -0.2) is 0 Å². The molecule has 0 bridgehead atoms. The van der Waals surface area contributed by atoms with E-state index in [-0.39, 0.29) is 12.8 Å². The molecule has 0 unspecified atom stereocenters. The van der Waals surface area contributed by atoms with Gasteiger partial charge in [-0.05, 0) is 13.3 Å². The number of hydrogen-bond donors (Lipinski definition) is 4. The van der Waals surface area contributed by atoms with Crippen LogP contribution in [0.1, 0.15) is 26.7 Å². The lowest BCUT2D eigenvalue weighted by molar-refractivity contribution is -0.141. The second-order valence-electron chi connectivity index (χ2n) is 3.83. The standard InChI is InChI=1S/C10H17N3O5/c1-5(10(17)18)12-9(16)7(13-6(2)14)3-4-8(11)15/h5,7H,3-4H2,1-2H3,(H2,11,15)(H,12,16)(H,13,14)(H,17,18)/t5-,7-/m0/s1. The summed E-state index contributed by atoms with van der Waals surface area (Å²) in [5.74, 6) is -2.92. The van der Waals surface area contributed by atoms with E-state index in [9.17, 15) is 19.2 Å². The van der Waals surface area contributed by atoms with Crippen LogP contribution in [0.2, 0.25) is 0 Å². The maximum Gasteiger partial charge on any atom is 0.325 e. The van der Waals surface area contributed by atoms with Crippen LogP contribution in [0.15, 0.2) is 0 Å². The summed E-state index contributed by atoms with van der Waals surface area (Å²) in [5, 5.41) is 13.2. The Balaban J connectivity index is 4.53. The van der Waals surface area contributed by atoms with Crippen molar-refractivity contribution in [2.45, 2.75) is 38.8 Å². The summed E-state index contributed by atoms with van der Waals surface area (Å²) in [7, 11) is 0. The number of carboxylic acids is 1. The number of amides is 3. The lowest BCUT2D eigenvalue weighted by atomic mass is 10.1. The average molecular weight is 259 g/mol. The van der Waals surface area contributed by atoms with Gasteiger partial charge in [-0.1, -0.05) is 0 Å². The van der Waals surface area contributed by atoms with Crippen molar-refractivity contribution in [1.29, 1.82) is 0 Å². The molecular weight excluding hydrogens is 242 g/mol. The molecule has 8 heteroatoms. The molecule has 18 heavy (non-hydrogen) atoms. The first-order valence-corrected chi connectivity index (χ1v) is 5.32. The first-order valence-electron chi connectivity index (χ1n) is 5.32. The highest BCUT2D eigenvalue weighted by Crippen LogP contribution is 1.98. The molecule has 0 saturated carbocycles. The highest BCUT2D eigenvalue weighted by molar-refractivity contribution is 5.90. The predicted molar refractivity (Wildman–Crippen MR) is 61.3 cm³/mol. The van der Waals surface area contributed by atoms with Crippen molar-refractivity contribution in [2.24, 2.45) is 5.73 Å². The number of aliphatic carboxylic acids is 1. The van der Waals surface area contributed by atoms with Crippen molar-refractivity contribution in [3.05, 3.63) is 0 Å². The molecule has 102 valence electrons. The van der Waals surface area contributed by atoms with Gasteiger partial charge in [-0.15, -0.1) is 0 Å². The van der Waals surface area contributed by atoms with Gasteiger partial charge in [0.25, 0.3) is 0 Å². The summed E-state index contributed by atoms with van der Waals surface area (Å²) >= 11 is 0. The fourth-order valence-corrected chi connectivity index (χ4v) is 1.18. The third kappa shape index (κ3) is 6.46. The van der Waals surface area contributed by atoms with Gasteiger partial charge in [0.2, 0.25) is 17.7 Å². The van der Waals surface area contributed by atoms with Gasteiger partial charge in [-0.3, -0.25) is 19.2 Å². The molecule has 0 aliphatic rings. The molecule has 0 spiro atoms. The van der Waals surface area contributed by atoms with Crippen molar-refractivity contribution < 1.29 is 24.3 Å². The zero-order chi connectivity index (χ0) is 14.3. The second-order valence-corrected chi connectivity index (χ2v) is 3.83. The van der Waals surface area contributed by atoms with Gasteiger partial charge >= 0.3 is 5.97 Å². The minimum atomic E-state index is -1.19. The molecular formula is C10H17N3O5. The first kappa shape index (κ1) is 15.9. The number of nitrogens with one attached hydrogen (secondary N) is 2. The van der Waals surface area contributed by atoms with E-state index in [2.05, 4.69) is 10.6 Å². The SMILES string of the molecule is CC(=O)N[C@@H](CCC(N)=O)C(=O)N[C@@H](C)C(=O)O. The van der Waals surface area contributed by atoms with Crippen LogP contribution in [-0.4, -0.2) is 40.9 Å². The van der Waals surface area contributed by atoms with Crippen LogP contribution in [0.5, 0.6) is 0 Å². The zero-order valence-corrected chi connectivity index (χ0v) is 10.2.